The van der Waals surface area contributed by atoms with Gasteiger partial charge in [-0.1, -0.05) is 218 Å². The molecule has 1 aromatic heterocycles. The first kappa shape index (κ1) is 40.8. The molecular formula is C69H46N2. The maximum absolute atomic E-state index is 2.45. The summed E-state index contributed by atoms with van der Waals surface area (Å²) in [6.45, 7) is 0. The first-order valence-electron chi connectivity index (χ1n) is 24.6. The summed E-state index contributed by atoms with van der Waals surface area (Å²) in [6, 6.07) is 103. The first-order valence-corrected chi connectivity index (χ1v) is 24.6. The molecule has 332 valence electrons. The van der Waals surface area contributed by atoms with Crippen LogP contribution in [0.25, 0.3) is 82.4 Å². The zero-order valence-electron chi connectivity index (χ0n) is 39.0. The van der Waals surface area contributed by atoms with E-state index in [0.29, 0.717) is 0 Å². The van der Waals surface area contributed by atoms with Crippen molar-refractivity contribution < 1.29 is 0 Å². The number of rotatable bonds is 8. The fourth-order valence-electron chi connectivity index (χ4n) is 11.8. The van der Waals surface area contributed by atoms with E-state index in [-0.39, 0.29) is 0 Å². The van der Waals surface area contributed by atoms with Crippen LogP contribution in [0.1, 0.15) is 22.3 Å². The van der Waals surface area contributed by atoms with Gasteiger partial charge in [-0.05, 0) is 132 Å². The maximum Gasteiger partial charge on any atom is 0.0714 e. The number of para-hydroxylation sites is 1. The van der Waals surface area contributed by atoms with Gasteiger partial charge in [0.15, 0.2) is 0 Å². The minimum Gasteiger partial charge on any atom is -0.310 e. The number of anilines is 3. The van der Waals surface area contributed by atoms with Crippen LogP contribution in [0.2, 0.25) is 0 Å². The van der Waals surface area contributed by atoms with Crippen LogP contribution in [0, 0.1) is 0 Å². The number of hydrogen-bond donors (Lipinski definition) is 0. The lowest BCUT2D eigenvalue weighted by atomic mass is 9.67. The van der Waals surface area contributed by atoms with Gasteiger partial charge in [-0.2, -0.15) is 0 Å². The Hall–Kier alpha value is -9.24. The molecule has 13 aromatic rings. The van der Waals surface area contributed by atoms with Gasteiger partial charge in [0.25, 0.3) is 0 Å². The summed E-state index contributed by atoms with van der Waals surface area (Å²) in [6.07, 6.45) is 0. The Kier molecular flexibility index (Phi) is 9.47. The van der Waals surface area contributed by atoms with Gasteiger partial charge in [0.1, 0.15) is 0 Å². The molecule has 14 rings (SSSR count). The molecule has 12 aromatic carbocycles. The van der Waals surface area contributed by atoms with Gasteiger partial charge >= 0.3 is 0 Å². The molecule has 71 heavy (non-hydrogen) atoms. The van der Waals surface area contributed by atoms with E-state index >= 15 is 0 Å². The van der Waals surface area contributed by atoms with Crippen molar-refractivity contribution in [2.75, 3.05) is 4.90 Å². The molecule has 0 saturated carbocycles. The molecule has 0 unspecified atom stereocenters. The third kappa shape index (κ3) is 6.49. The van der Waals surface area contributed by atoms with Crippen LogP contribution in [0.3, 0.4) is 0 Å². The van der Waals surface area contributed by atoms with Crippen LogP contribution < -0.4 is 4.90 Å². The zero-order valence-corrected chi connectivity index (χ0v) is 39.0. The molecule has 1 heterocycles. The highest BCUT2D eigenvalue weighted by Gasteiger charge is 2.46. The minimum absolute atomic E-state index is 0.502. The minimum atomic E-state index is -0.502. The van der Waals surface area contributed by atoms with E-state index in [4.69, 9.17) is 0 Å². The second-order valence-corrected chi connectivity index (χ2v) is 18.8. The molecule has 0 fully saturated rings. The fourth-order valence-corrected chi connectivity index (χ4v) is 11.8. The Morgan fingerprint density at radius 1 is 0.282 bits per heavy atom. The molecule has 2 heteroatoms. The molecular weight excluding hydrogens is 857 g/mol. The van der Waals surface area contributed by atoms with Gasteiger partial charge in [0, 0.05) is 33.2 Å². The zero-order chi connectivity index (χ0) is 46.9. The summed E-state index contributed by atoms with van der Waals surface area (Å²) in [7, 11) is 0. The van der Waals surface area contributed by atoms with Crippen LogP contribution in [-0.2, 0) is 5.41 Å². The van der Waals surface area contributed by atoms with E-state index in [0.717, 1.165) is 17.1 Å². The van der Waals surface area contributed by atoms with Crippen molar-refractivity contribution in [2.45, 2.75) is 5.41 Å². The summed E-state index contributed by atoms with van der Waals surface area (Å²) in [5.74, 6) is 0. The van der Waals surface area contributed by atoms with E-state index in [9.17, 15) is 0 Å². The molecule has 0 bridgehead atoms. The van der Waals surface area contributed by atoms with Gasteiger partial charge < -0.3 is 9.47 Å². The van der Waals surface area contributed by atoms with Crippen LogP contribution in [0.4, 0.5) is 17.1 Å². The molecule has 0 N–H and O–H groups in total. The number of fused-ring (bicyclic) bond motifs is 8. The van der Waals surface area contributed by atoms with Crippen molar-refractivity contribution in [3.05, 3.63) is 301 Å². The average molecular weight is 903 g/mol. The second-order valence-electron chi connectivity index (χ2n) is 18.8. The quantitative estimate of drug-likeness (QED) is 0.147. The summed E-state index contributed by atoms with van der Waals surface area (Å²) in [5.41, 5.74) is 18.8. The van der Waals surface area contributed by atoms with Crippen molar-refractivity contribution in [1.29, 1.82) is 0 Å². The second kappa shape index (κ2) is 16.5. The average Bonchev–Trinajstić information content (AvgIpc) is 3.94. The van der Waals surface area contributed by atoms with Crippen LogP contribution in [0.5, 0.6) is 0 Å². The lowest BCUT2D eigenvalue weighted by Crippen LogP contribution is -2.28. The Labute approximate surface area is 413 Å². The molecule has 1 aliphatic rings. The SMILES string of the molecule is c1ccc(C2(c3ccccc3)c3ccccc3-c3ccc(N(c4ccc(-c5ccc(-c6ccc7c(c6)c6ccccc6n7-c6cccc7ccccc67)cc5)cc4)c4ccc5ccccc5c4)cc32)cc1. The Morgan fingerprint density at radius 2 is 0.803 bits per heavy atom. The molecule has 1 aliphatic carbocycles. The van der Waals surface area contributed by atoms with Gasteiger partial charge in [-0.25, -0.2) is 0 Å². The predicted octanol–water partition coefficient (Wildman–Crippen LogP) is 18.3. The largest absolute Gasteiger partial charge is 0.310 e. The topological polar surface area (TPSA) is 8.17 Å². The van der Waals surface area contributed by atoms with Crippen molar-refractivity contribution >= 4 is 60.4 Å². The van der Waals surface area contributed by atoms with Crippen LogP contribution >= 0.6 is 0 Å². The lowest BCUT2D eigenvalue weighted by Gasteiger charge is -2.35. The fraction of sp³-hybridized carbons (Fsp3) is 0.0145. The molecule has 0 saturated heterocycles. The highest BCUT2D eigenvalue weighted by atomic mass is 15.1. The van der Waals surface area contributed by atoms with Crippen LogP contribution in [0.15, 0.2) is 279 Å². The van der Waals surface area contributed by atoms with Crippen molar-refractivity contribution in [3.63, 3.8) is 0 Å². The Morgan fingerprint density at radius 3 is 1.56 bits per heavy atom. The molecule has 0 atom stereocenters. The standard InChI is InChI=1S/C69H46N2/c1-3-20-54(21-4-1)69(55-22-5-2-6-23-55)64-27-13-11-25-60(64)61-42-41-58(46-65(61)69)70(57-40-36-47-16-7-8-18-52(47)44-57)56-38-34-49(35-39-56)48-30-32-50(33-31-48)53-37-43-68-63(45-53)62-26-12-14-28-67(62)71(68)66-29-15-19-51-17-9-10-24-59(51)66/h1-46H. The van der Waals surface area contributed by atoms with Crippen LogP contribution in [-0.4, -0.2) is 4.57 Å². The van der Waals surface area contributed by atoms with Gasteiger partial charge in [-0.3, -0.25) is 0 Å². The van der Waals surface area contributed by atoms with Crippen molar-refractivity contribution in [1.82, 2.24) is 4.57 Å². The summed E-state index contributed by atoms with van der Waals surface area (Å²) in [5, 5.41) is 7.42. The first-order chi connectivity index (χ1) is 35.2. The molecule has 0 aliphatic heterocycles. The summed E-state index contributed by atoms with van der Waals surface area (Å²) >= 11 is 0. The predicted molar refractivity (Wildman–Crippen MR) is 299 cm³/mol. The van der Waals surface area contributed by atoms with Crippen molar-refractivity contribution in [2.24, 2.45) is 0 Å². The van der Waals surface area contributed by atoms with Gasteiger partial charge in [0.05, 0.1) is 22.1 Å². The highest BCUT2D eigenvalue weighted by molar-refractivity contribution is 6.11. The van der Waals surface area contributed by atoms with E-state index in [2.05, 4.69) is 289 Å². The molecule has 0 spiro atoms. The third-order valence-electron chi connectivity index (χ3n) is 15.0. The van der Waals surface area contributed by atoms with E-state index < -0.39 is 5.41 Å². The summed E-state index contributed by atoms with van der Waals surface area (Å²) < 4.78 is 2.43. The van der Waals surface area contributed by atoms with E-state index in [1.165, 1.54) is 105 Å². The maximum atomic E-state index is 2.45. The monoisotopic (exact) mass is 902 g/mol. The van der Waals surface area contributed by atoms with Gasteiger partial charge in [0.2, 0.25) is 0 Å². The Balaban J connectivity index is 0.850. The van der Waals surface area contributed by atoms with Crippen molar-refractivity contribution in [3.8, 4) is 39.1 Å². The molecule has 2 nitrogen and oxygen atoms in total. The normalized spacial score (nSPS) is 12.6. The number of hydrogen-bond acceptors (Lipinski definition) is 1. The molecule has 0 radical (unpaired) electrons. The van der Waals surface area contributed by atoms with Gasteiger partial charge in [-0.15, -0.1) is 0 Å². The number of nitrogens with zero attached hydrogens (tertiary/aromatic N) is 2. The van der Waals surface area contributed by atoms with E-state index in [1.807, 2.05) is 0 Å². The lowest BCUT2D eigenvalue weighted by molar-refractivity contribution is 0.768. The Bertz CT molecular complexity index is 4100. The molecule has 0 amide bonds. The number of aromatic nitrogens is 1. The third-order valence-corrected chi connectivity index (χ3v) is 15.0. The van der Waals surface area contributed by atoms with E-state index in [1.54, 1.807) is 0 Å². The summed E-state index contributed by atoms with van der Waals surface area (Å²) in [4.78, 5) is 2.43. The number of benzene rings is 12. The highest BCUT2D eigenvalue weighted by Crippen LogP contribution is 2.57. The smallest absolute Gasteiger partial charge is 0.0714 e.